The first-order valence-electron chi connectivity index (χ1n) is 13.7. The van der Waals surface area contributed by atoms with Crippen molar-refractivity contribution < 1.29 is 14.4 Å². The summed E-state index contributed by atoms with van der Waals surface area (Å²) in [5.74, 6) is 1.17. The number of carbonyl (C=O) groups is 3. The molecule has 13 heteroatoms. The van der Waals surface area contributed by atoms with Crippen LogP contribution in [0.1, 0.15) is 66.0 Å². The normalized spacial score (nSPS) is 21.0. The Morgan fingerprint density at radius 2 is 1.93 bits per heavy atom. The Hall–Kier alpha value is -4.39. The first-order chi connectivity index (χ1) is 19.7. The van der Waals surface area contributed by atoms with Crippen molar-refractivity contribution in [3.8, 4) is 0 Å². The van der Waals surface area contributed by atoms with Gasteiger partial charge in [0.15, 0.2) is 5.65 Å². The number of carbonyl (C=O) groups excluding carboxylic acids is 3. The fourth-order valence-corrected chi connectivity index (χ4v) is 6.01. The number of amides is 4. The number of aromatic nitrogens is 5. The quantitative estimate of drug-likeness (QED) is 0.302. The van der Waals surface area contributed by atoms with Crippen LogP contribution in [0.5, 0.6) is 0 Å². The van der Waals surface area contributed by atoms with Gasteiger partial charge in [-0.3, -0.25) is 19.4 Å². The van der Waals surface area contributed by atoms with E-state index >= 15 is 0 Å². The molecule has 12 nitrogen and oxygen atoms in total. The highest BCUT2D eigenvalue weighted by atomic mass is 32.1. The van der Waals surface area contributed by atoms with Crippen molar-refractivity contribution in [3.63, 3.8) is 0 Å². The van der Waals surface area contributed by atoms with Gasteiger partial charge in [0, 0.05) is 42.7 Å². The molecule has 0 aromatic carbocycles. The van der Waals surface area contributed by atoms with E-state index in [4.69, 9.17) is 4.98 Å². The molecule has 4 aromatic rings. The minimum Gasteiger partial charge on any atom is -0.362 e. The third kappa shape index (κ3) is 4.79. The molecule has 2 saturated carbocycles. The summed E-state index contributed by atoms with van der Waals surface area (Å²) in [5, 5.41) is 9.29. The zero-order valence-electron chi connectivity index (χ0n) is 22.9. The number of imidazole rings is 1. The molecule has 4 amide bonds. The van der Waals surface area contributed by atoms with Gasteiger partial charge in [-0.25, -0.2) is 24.7 Å². The maximum Gasteiger partial charge on any atom is 0.331 e. The zero-order chi connectivity index (χ0) is 28.4. The second kappa shape index (κ2) is 9.61. The highest BCUT2D eigenvalue weighted by Gasteiger charge is 2.45. The third-order valence-corrected chi connectivity index (χ3v) is 8.76. The summed E-state index contributed by atoms with van der Waals surface area (Å²) in [6.45, 7) is 3.93. The molecule has 0 unspecified atom stereocenters. The Bertz CT molecular complexity index is 1710. The molecule has 5 heterocycles. The van der Waals surface area contributed by atoms with Gasteiger partial charge >= 0.3 is 6.03 Å². The average molecular weight is 572 g/mol. The molecule has 4 aromatic heterocycles. The molecule has 2 aliphatic carbocycles. The van der Waals surface area contributed by atoms with Crippen molar-refractivity contribution >= 4 is 52.2 Å². The maximum absolute atomic E-state index is 12.8. The van der Waals surface area contributed by atoms with Crippen LogP contribution in [0.4, 0.5) is 22.1 Å². The lowest BCUT2D eigenvalue weighted by molar-refractivity contribution is -0.124. The van der Waals surface area contributed by atoms with Gasteiger partial charge in [-0.2, -0.15) is 0 Å². The number of imide groups is 1. The van der Waals surface area contributed by atoms with E-state index in [2.05, 4.69) is 31.8 Å². The molecule has 41 heavy (non-hydrogen) atoms. The average Bonchev–Trinajstić information content (AvgIpc) is 3.85. The molecular formula is C28H29N9O3S. The van der Waals surface area contributed by atoms with Crippen molar-refractivity contribution in [1.82, 2.24) is 29.2 Å². The molecule has 0 spiro atoms. The summed E-state index contributed by atoms with van der Waals surface area (Å²) in [4.78, 5) is 58.5. The van der Waals surface area contributed by atoms with Crippen molar-refractivity contribution in [1.29, 1.82) is 0 Å². The molecule has 3 aliphatic rings. The Balaban J connectivity index is 1.09. The van der Waals surface area contributed by atoms with Crippen LogP contribution in [-0.2, 0) is 9.59 Å². The van der Waals surface area contributed by atoms with Gasteiger partial charge < -0.3 is 15.0 Å². The van der Waals surface area contributed by atoms with E-state index in [9.17, 15) is 14.4 Å². The Labute approximate surface area is 239 Å². The lowest BCUT2D eigenvalue weighted by Crippen LogP contribution is -2.30. The van der Waals surface area contributed by atoms with Crippen molar-refractivity contribution in [3.05, 3.63) is 58.2 Å². The highest BCUT2D eigenvalue weighted by Crippen LogP contribution is 2.48. The number of fused-ring (bicyclic) bond motifs is 1. The molecule has 0 radical (unpaired) electrons. The number of urea groups is 1. The number of rotatable bonds is 8. The van der Waals surface area contributed by atoms with Gasteiger partial charge in [-0.1, -0.05) is 0 Å². The lowest BCUT2D eigenvalue weighted by Gasteiger charge is -2.17. The van der Waals surface area contributed by atoms with Gasteiger partial charge in [-0.15, -0.1) is 11.3 Å². The molecule has 2 N–H and O–H groups in total. The summed E-state index contributed by atoms with van der Waals surface area (Å²) in [6.07, 6.45) is 8.41. The molecule has 1 aliphatic heterocycles. The monoisotopic (exact) mass is 571 g/mol. The Kier molecular flexibility index (Phi) is 6.00. The van der Waals surface area contributed by atoms with E-state index in [0.717, 1.165) is 46.1 Å². The van der Waals surface area contributed by atoms with Crippen LogP contribution in [0.2, 0.25) is 0 Å². The van der Waals surface area contributed by atoms with Gasteiger partial charge in [0.25, 0.3) is 0 Å². The van der Waals surface area contributed by atoms with E-state index in [1.54, 1.807) is 17.4 Å². The van der Waals surface area contributed by atoms with E-state index in [1.807, 2.05) is 35.9 Å². The van der Waals surface area contributed by atoms with Crippen LogP contribution in [0.15, 0.2) is 36.2 Å². The van der Waals surface area contributed by atoms with Crippen molar-refractivity contribution in [2.45, 2.75) is 51.0 Å². The molecule has 3 fully saturated rings. The smallest absolute Gasteiger partial charge is 0.331 e. The molecule has 1 saturated heterocycles. The second-order valence-electron chi connectivity index (χ2n) is 11.0. The summed E-state index contributed by atoms with van der Waals surface area (Å²) in [7, 11) is 1.50. The standard InChI is InChI=1S/C28H29N9O3S/c1-14(31-23-8-24(30-13-29-23)34-27(39)19-7-18(19)21-12-41-15(2)32-21)20-10-36-9-17(16-4-5-16)6-22(26(36)33-20)37-11-25(38)35(3)28(37)40/h6,8-10,12-14,16,18-19H,4-5,7,11H2,1-3H3,(H2,29,30,31,34,39)/t14-,18+,19+/m1/s1. The van der Waals surface area contributed by atoms with E-state index in [1.165, 1.54) is 18.3 Å². The lowest BCUT2D eigenvalue weighted by atomic mass is 10.1. The van der Waals surface area contributed by atoms with Crippen LogP contribution in [0.25, 0.3) is 5.65 Å². The summed E-state index contributed by atoms with van der Waals surface area (Å²) < 4.78 is 1.94. The number of aryl methyl sites for hydroxylation is 1. The van der Waals surface area contributed by atoms with Crippen LogP contribution < -0.4 is 15.5 Å². The summed E-state index contributed by atoms with van der Waals surface area (Å²) in [6, 6.07) is 3.10. The zero-order valence-corrected chi connectivity index (χ0v) is 23.7. The topological polar surface area (TPSA) is 138 Å². The second-order valence-corrected chi connectivity index (χ2v) is 12.1. The number of hydrogen-bond donors (Lipinski definition) is 2. The first kappa shape index (κ1) is 25.6. The fourth-order valence-electron chi connectivity index (χ4n) is 5.33. The van der Waals surface area contributed by atoms with Gasteiger partial charge in [0.2, 0.25) is 11.8 Å². The minimum atomic E-state index is -0.352. The van der Waals surface area contributed by atoms with E-state index in [0.29, 0.717) is 28.9 Å². The molecule has 0 bridgehead atoms. The number of pyridine rings is 1. The SMILES string of the molecule is Cc1nc([C@H]2C[C@@H]2C(=O)Nc2cc(N[C@H](C)c3cn4cc(C5CC5)cc(N5CC(=O)N(C)C5=O)c4n3)ncn2)cs1. The molecular weight excluding hydrogens is 542 g/mol. The predicted octanol–water partition coefficient (Wildman–Crippen LogP) is 4.08. The van der Waals surface area contributed by atoms with Crippen LogP contribution in [0, 0.1) is 12.8 Å². The number of nitrogens with zero attached hydrogens (tertiary/aromatic N) is 7. The van der Waals surface area contributed by atoms with E-state index in [-0.39, 0.29) is 42.3 Å². The molecule has 7 rings (SSSR count). The number of nitrogens with one attached hydrogen (secondary N) is 2. The number of anilines is 3. The van der Waals surface area contributed by atoms with Crippen LogP contribution >= 0.6 is 11.3 Å². The van der Waals surface area contributed by atoms with Crippen molar-refractivity contribution in [2.75, 3.05) is 29.1 Å². The van der Waals surface area contributed by atoms with Gasteiger partial charge in [0.1, 0.15) is 24.5 Å². The minimum absolute atomic E-state index is 0.00440. The van der Waals surface area contributed by atoms with E-state index < -0.39 is 0 Å². The fraction of sp³-hybridized carbons (Fsp3) is 0.393. The van der Waals surface area contributed by atoms with Gasteiger partial charge in [-0.05, 0) is 50.7 Å². The van der Waals surface area contributed by atoms with Crippen LogP contribution in [-0.4, -0.2) is 60.7 Å². The molecule has 210 valence electrons. The largest absolute Gasteiger partial charge is 0.362 e. The van der Waals surface area contributed by atoms with Crippen molar-refractivity contribution in [2.24, 2.45) is 5.92 Å². The van der Waals surface area contributed by atoms with Gasteiger partial charge in [0.05, 0.1) is 28.1 Å². The number of thiazole rings is 1. The summed E-state index contributed by atoms with van der Waals surface area (Å²) in [5.41, 5.74) is 4.10. The summed E-state index contributed by atoms with van der Waals surface area (Å²) >= 11 is 1.60. The number of hydrogen-bond acceptors (Lipinski definition) is 9. The third-order valence-electron chi connectivity index (χ3n) is 7.97. The number of likely N-dealkylation sites (N-methyl/N-ethyl adjacent to an activating group) is 1. The highest BCUT2D eigenvalue weighted by molar-refractivity contribution is 7.09. The predicted molar refractivity (Wildman–Crippen MR) is 153 cm³/mol. The maximum atomic E-state index is 12.8. The Morgan fingerprint density at radius 1 is 1.12 bits per heavy atom. The van der Waals surface area contributed by atoms with Crippen LogP contribution in [0.3, 0.4) is 0 Å². The first-order valence-corrected chi connectivity index (χ1v) is 14.5. The Morgan fingerprint density at radius 3 is 2.63 bits per heavy atom. The molecule has 3 atom stereocenters.